The lowest BCUT2D eigenvalue weighted by Crippen LogP contribution is -2.13. The van der Waals surface area contributed by atoms with Crippen LogP contribution in [0.25, 0.3) is 0 Å². The van der Waals surface area contributed by atoms with Crippen molar-refractivity contribution < 1.29 is 9.13 Å². The van der Waals surface area contributed by atoms with Gasteiger partial charge in [-0.15, -0.1) is 0 Å². The Morgan fingerprint density at radius 3 is 2.95 bits per heavy atom. The van der Waals surface area contributed by atoms with Crippen LogP contribution in [-0.2, 0) is 6.54 Å². The largest absolute Gasteiger partial charge is 0.437 e. The average Bonchev–Trinajstić information content (AvgIpc) is 2.41. The molecular formula is C13H13BrFN3O. The molecule has 0 saturated carbocycles. The van der Waals surface area contributed by atoms with Gasteiger partial charge in [-0.05, 0) is 34.6 Å². The van der Waals surface area contributed by atoms with Gasteiger partial charge in [0, 0.05) is 18.8 Å². The molecule has 19 heavy (non-hydrogen) atoms. The normalized spacial score (nSPS) is 10.5. The zero-order chi connectivity index (χ0) is 13.7. The fraction of sp³-hybridized carbons (Fsp3) is 0.231. The number of hydrogen-bond acceptors (Lipinski definition) is 4. The minimum atomic E-state index is -0.380. The summed E-state index contributed by atoms with van der Waals surface area (Å²) in [6.45, 7) is 3.48. The molecule has 0 amide bonds. The molecule has 1 N–H and O–H groups in total. The van der Waals surface area contributed by atoms with Gasteiger partial charge in [-0.3, -0.25) is 4.98 Å². The molecule has 0 unspecified atom stereocenters. The van der Waals surface area contributed by atoms with Crippen LogP contribution in [0.2, 0.25) is 0 Å². The number of ether oxygens (including phenoxy) is 1. The summed E-state index contributed by atoms with van der Waals surface area (Å²) in [6, 6.07) is 4.54. The summed E-state index contributed by atoms with van der Waals surface area (Å²) in [5.41, 5.74) is 0.775. The van der Waals surface area contributed by atoms with Gasteiger partial charge in [0.05, 0.1) is 16.4 Å². The second kappa shape index (κ2) is 6.58. The Morgan fingerprint density at radius 2 is 2.21 bits per heavy atom. The molecule has 2 aromatic rings. The maximum absolute atomic E-state index is 13.4. The highest BCUT2D eigenvalue weighted by atomic mass is 79.9. The van der Waals surface area contributed by atoms with Gasteiger partial charge >= 0.3 is 0 Å². The first-order chi connectivity index (χ1) is 9.19. The van der Waals surface area contributed by atoms with E-state index in [0.717, 1.165) is 12.2 Å². The standard InChI is InChI=1S/C13H13BrFN3O/c1-2-16-6-9-7-17-8-13(18-9)19-10-3-4-11(14)12(15)5-10/h3-5,7-8,16H,2,6H2,1H3. The highest BCUT2D eigenvalue weighted by Crippen LogP contribution is 2.24. The Hall–Kier alpha value is -1.53. The summed E-state index contributed by atoms with van der Waals surface area (Å²) in [5.74, 6) is 0.349. The van der Waals surface area contributed by atoms with E-state index in [0.29, 0.717) is 22.6 Å². The number of aromatic nitrogens is 2. The number of halogens is 2. The molecule has 0 aliphatic rings. The van der Waals surface area contributed by atoms with E-state index in [1.54, 1.807) is 18.3 Å². The van der Waals surface area contributed by atoms with E-state index in [1.807, 2.05) is 6.92 Å². The zero-order valence-electron chi connectivity index (χ0n) is 10.4. The number of nitrogens with one attached hydrogen (secondary N) is 1. The summed E-state index contributed by atoms with van der Waals surface area (Å²) in [6.07, 6.45) is 3.16. The third-order valence-corrected chi connectivity index (χ3v) is 2.98. The van der Waals surface area contributed by atoms with Gasteiger partial charge in [0.2, 0.25) is 5.88 Å². The van der Waals surface area contributed by atoms with Crippen LogP contribution in [0, 0.1) is 5.82 Å². The highest BCUT2D eigenvalue weighted by Gasteiger charge is 2.05. The van der Waals surface area contributed by atoms with Gasteiger partial charge in [0.1, 0.15) is 11.6 Å². The van der Waals surface area contributed by atoms with Crippen LogP contribution >= 0.6 is 15.9 Å². The summed E-state index contributed by atoms with van der Waals surface area (Å²) >= 11 is 3.09. The molecule has 1 heterocycles. The van der Waals surface area contributed by atoms with E-state index >= 15 is 0 Å². The minimum absolute atomic E-state index is 0.345. The summed E-state index contributed by atoms with van der Waals surface area (Å²) in [7, 11) is 0. The molecule has 1 aromatic carbocycles. The average molecular weight is 326 g/mol. The van der Waals surface area contributed by atoms with Gasteiger partial charge in [0.15, 0.2) is 0 Å². The fourth-order valence-corrected chi connectivity index (χ4v) is 1.68. The zero-order valence-corrected chi connectivity index (χ0v) is 11.9. The molecule has 100 valence electrons. The molecule has 6 heteroatoms. The van der Waals surface area contributed by atoms with Crippen LogP contribution in [-0.4, -0.2) is 16.5 Å². The van der Waals surface area contributed by atoms with Crippen LogP contribution in [0.4, 0.5) is 4.39 Å². The Labute approximate surface area is 119 Å². The van der Waals surface area contributed by atoms with E-state index < -0.39 is 0 Å². The van der Waals surface area contributed by atoms with Crippen molar-refractivity contribution in [3.63, 3.8) is 0 Å². The number of benzene rings is 1. The lowest BCUT2D eigenvalue weighted by Gasteiger charge is -2.07. The first kappa shape index (κ1) is 13.9. The predicted molar refractivity (Wildman–Crippen MR) is 73.6 cm³/mol. The van der Waals surface area contributed by atoms with Crippen molar-refractivity contribution in [1.82, 2.24) is 15.3 Å². The van der Waals surface area contributed by atoms with Crippen LogP contribution in [0.3, 0.4) is 0 Å². The fourth-order valence-electron chi connectivity index (χ4n) is 1.43. The predicted octanol–water partition coefficient (Wildman–Crippen LogP) is 3.28. The molecule has 0 bridgehead atoms. The van der Waals surface area contributed by atoms with Gasteiger partial charge in [-0.2, -0.15) is 0 Å². The van der Waals surface area contributed by atoms with Crippen molar-refractivity contribution in [3.8, 4) is 11.6 Å². The van der Waals surface area contributed by atoms with Gasteiger partial charge < -0.3 is 10.1 Å². The van der Waals surface area contributed by atoms with Crippen molar-refractivity contribution >= 4 is 15.9 Å². The molecule has 2 rings (SSSR count). The smallest absolute Gasteiger partial charge is 0.238 e. The SMILES string of the molecule is CCNCc1cncc(Oc2ccc(Br)c(F)c2)n1. The van der Waals surface area contributed by atoms with E-state index in [2.05, 4.69) is 31.2 Å². The van der Waals surface area contributed by atoms with Crippen LogP contribution in [0.15, 0.2) is 35.1 Å². The number of hydrogen-bond donors (Lipinski definition) is 1. The molecule has 1 aromatic heterocycles. The third kappa shape index (κ3) is 3.97. The lowest BCUT2D eigenvalue weighted by atomic mass is 10.3. The molecular weight excluding hydrogens is 313 g/mol. The first-order valence-electron chi connectivity index (χ1n) is 5.83. The van der Waals surface area contributed by atoms with Crippen LogP contribution in [0.1, 0.15) is 12.6 Å². The molecule has 4 nitrogen and oxygen atoms in total. The Balaban J connectivity index is 2.11. The maximum Gasteiger partial charge on any atom is 0.238 e. The van der Waals surface area contributed by atoms with Crippen molar-refractivity contribution in [2.75, 3.05) is 6.54 Å². The molecule has 0 atom stereocenters. The molecule has 0 radical (unpaired) electrons. The summed E-state index contributed by atoms with van der Waals surface area (Å²) in [4.78, 5) is 8.32. The first-order valence-corrected chi connectivity index (χ1v) is 6.63. The van der Waals surface area contributed by atoms with Crippen molar-refractivity contribution in [3.05, 3.63) is 46.6 Å². The van der Waals surface area contributed by atoms with E-state index in [9.17, 15) is 4.39 Å². The van der Waals surface area contributed by atoms with Crippen molar-refractivity contribution in [2.24, 2.45) is 0 Å². The number of rotatable bonds is 5. The van der Waals surface area contributed by atoms with Gasteiger partial charge in [-0.25, -0.2) is 9.37 Å². The molecule has 0 aliphatic heterocycles. The maximum atomic E-state index is 13.4. The quantitative estimate of drug-likeness (QED) is 0.916. The lowest BCUT2D eigenvalue weighted by molar-refractivity contribution is 0.451. The minimum Gasteiger partial charge on any atom is -0.437 e. The molecule has 0 aliphatic carbocycles. The highest BCUT2D eigenvalue weighted by molar-refractivity contribution is 9.10. The van der Waals surface area contributed by atoms with E-state index in [1.165, 1.54) is 12.3 Å². The second-order valence-corrected chi connectivity index (χ2v) is 4.66. The summed E-state index contributed by atoms with van der Waals surface area (Å²) < 4.78 is 19.2. The molecule has 0 spiro atoms. The monoisotopic (exact) mass is 325 g/mol. The van der Waals surface area contributed by atoms with Crippen molar-refractivity contribution in [2.45, 2.75) is 13.5 Å². The summed E-state index contributed by atoms with van der Waals surface area (Å²) in [5, 5.41) is 3.15. The Bertz CT molecular complexity index is 565. The van der Waals surface area contributed by atoms with Crippen molar-refractivity contribution in [1.29, 1.82) is 0 Å². The molecule has 0 fully saturated rings. The van der Waals surface area contributed by atoms with Gasteiger partial charge in [-0.1, -0.05) is 6.92 Å². The second-order valence-electron chi connectivity index (χ2n) is 3.81. The topological polar surface area (TPSA) is 47.0 Å². The number of nitrogens with zero attached hydrogens (tertiary/aromatic N) is 2. The van der Waals surface area contributed by atoms with Crippen LogP contribution < -0.4 is 10.1 Å². The van der Waals surface area contributed by atoms with E-state index in [4.69, 9.17) is 4.74 Å². The van der Waals surface area contributed by atoms with E-state index in [-0.39, 0.29) is 5.82 Å². The Kier molecular flexibility index (Phi) is 4.81. The van der Waals surface area contributed by atoms with Gasteiger partial charge in [0.25, 0.3) is 0 Å². The van der Waals surface area contributed by atoms with Crippen LogP contribution in [0.5, 0.6) is 11.6 Å². The third-order valence-electron chi connectivity index (χ3n) is 2.33. The molecule has 0 saturated heterocycles. The Morgan fingerprint density at radius 1 is 1.37 bits per heavy atom.